The number of para-hydroxylation sites is 1. The maximum Gasteiger partial charge on any atom is 0.336 e. The van der Waals surface area contributed by atoms with Gasteiger partial charge in [-0.1, -0.05) is 43.3 Å². The van der Waals surface area contributed by atoms with Crippen molar-refractivity contribution in [3.63, 3.8) is 0 Å². The Labute approximate surface area is 161 Å². The summed E-state index contributed by atoms with van der Waals surface area (Å²) in [6.07, 6.45) is 0.877. The lowest BCUT2D eigenvalue weighted by Gasteiger charge is -2.14. The predicted octanol–water partition coefficient (Wildman–Crippen LogP) is 3.90. The van der Waals surface area contributed by atoms with E-state index in [4.69, 9.17) is 0 Å². The standard InChI is InChI=1S/C23H19FN2O2/c1-2-16-9-13-19(14-10-16)26-22(27)20-5-3-4-6-21(20)25(23(26)28)15-17-7-11-18(24)12-8-17/h3-14H,2,15H2,1H3. The van der Waals surface area contributed by atoms with E-state index in [-0.39, 0.29) is 17.9 Å². The summed E-state index contributed by atoms with van der Waals surface area (Å²) >= 11 is 0. The molecule has 0 atom stereocenters. The first-order chi connectivity index (χ1) is 13.6. The van der Waals surface area contributed by atoms with Crippen LogP contribution < -0.4 is 11.2 Å². The van der Waals surface area contributed by atoms with E-state index in [2.05, 4.69) is 0 Å². The fourth-order valence-electron chi connectivity index (χ4n) is 3.35. The molecule has 28 heavy (non-hydrogen) atoms. The number of nitrogens with zero attached hydrogens (tertiary/aromatic N) is 2. The molecule has 4 rings (SSSR count). The minimum Gasteiger partial charge on any atom is -0.288 e. The molecule has 0 N–H and O–H groups in total. The number of hydrogen-bond acceptors (Lipinski definition) is 2. The van der Waals surface area contributed by atoms with E-state index in [0.717, 1.165) is 17.5 Å². The second kappa shape index (κ2) is 7.27. The Morgan fingerprint density at radius 1 is 0.821 bits per heavy atom. The molecule has 0 radical (unpaired) electrons. The number of benzene rings is 3. The highest BCUT2D eigenvalue weighted by Crippen LogP contribution is 2.13. The van der Waals surface area contributed by atoms with Crippen LogP contribution in [0.2, 0.25) is 0 Å². The summed E-state index contributed by atoms with van der Waals surface area (Å²) in [7, 11) is 0. The quantitative estimate of drug-likeness (QED) is 0.544. The van der Waals surface area contributed by atoms with Crippen LogP contribution in [0.5, 0.6) is 0 Å². The molecule has 1 aromatic heterocycles. The van der Waals surface area contributed by atoms with Gasteiger partial charge >= 0.3 is 5.69 Å². The van der Waals surface area contributed by atoms with Crippen LogP contribution in [0.25, 0.3) is 16.6 Å². The van der Waals surface area contributed by atoms with Crippen LogP contribution in [0, 0.1) is 5.82 Å². The lowest BCUT2D eigenvalue weighted by Crippen LogP contribution is -2.39. The molecule has 3 aromatic carbocycles. The zero-order valence-electron chi connectivity index (χ0n) is 15.4. The first-order valence-corrected chi connectivity index (χ1v) is 9.17. The molecular weight excluding hydrogens is 355 g/mol. The molecular formula is C23H19FN2O2. The molecule has 0 amide bonds. The van der Waals surface area contributed by atoms with E-state index in [9.17, 15) is 14.0 Å². The summed E-state index contributed by atoms with van der Waals surface area (Å²) in [5.74, 6) is -0.332. The molecule has 0 spiro atoms. The van der Waals surface area contributed by atoms with Crippen molar-refractivity contribution in [1.82, 2.24) is 9.13 Å². The fourth-order valence-corrected chi connectivity index (χ4v) is 3.35. The first-order valence-electron chi connectivity index (χ1n) is 9.17. The van der Waals surface area contributed by atoms with Gasteiger partial charge in [0.25, 0.3) is 5.56 Å². The van der Waals surface area contributed by atoms with E-state index in [1.807, 2.05) is 19.1 Å². The number of aryl methyl sites for hydroxylation is 1. The Morgan fingerprint density at radius 3 is 2.14 bits per heavy atom. The fraction of sp³-hybridized carbons (Fsp3) is 0.130. The van der Waals surface area contributed by atoms with Gasteiger partial charge in [0.05, 0.1) is 23.1 Å². The third-order valence-corrected chi connectivity index (χ3v) is 4.91. The average molecular weight is 374 g/mol. The van der Waals surface area contributed by atoms with E-state index in [1.165, 1.54) is 16.7 Å². The van der Waals surface area contributed by atoms with Crippen molar-refractivity contribution in [1.29, 1.82) is 0 Å². The third-order valence-electron chi connectivity index (χ3n) is 4.91. The number of rotatable bonds is 4. The SMILES string of the molecule is CCc1ccc(-n2c(=O)c3ccccc3n(Cc3ccc(F)cc3)c2=O)cc1. The monoisotopic (exact) mass is 374 g/mol. The summed E-state index contributed by atoms with van der Waals surface area (Å²) in [5.41, 5.74) is 2.23. The number of fused-ring (bicyclic) bond motifs is 1. The molecule has 0 saturated heterocycles. The van der Waals surface area contributed by atoms with Gasteiger partial charge in [0, 0.05) is 0 Å². The molecule has 0 aliphatic carbocycles. The zero-order chi connectivity index (χ0) is 19.7. The summed E-state index contributed by atoms with van der Waals surface area (Å²) in [4.78, 5) is 26.3. The van der Waals surface area contributed by atoms with Gasteiger partial charge in [-0.3, -0.25) is 9.36 Å². The largest absolute Gasteiger partial charge is 0.336 e. The Balaban J connectivity index is 1.96. The second-order valence-corrected chi connectivity index (χ2v) is 6.67. The van der Waals surface area contributed by atoms with E-state index in [1.54, 1.807) is 53.1 Å². The Bertz CT molecular complexity index is 1250. The summed E-state index contributed by atoms with van der Waals surface area (Å²) in [5, 5.41) is 0.462. The van der Waals surface area contributed by atoms with Gasteiger partial charge in [0.2, 0.25) is 0 Å². The number of halogens is 1. The number of hydrogen-bond donors (Lipinski definition) is 0. The predicted molar refractivity (Wildman–Crippen MR) is 109 cm³/mol. The van der Waals surface area contributed by atoms with Crippen molar-refractivity contribution in [2.45, 2.75) is 19.9 Å². The van der Waals surface area contributed by atoms with Crippen molar-refractivity contribution in [3.05, 3.63) is 111 Å². The van der Waals surface area contributed by atoms with Gasteiger partial charge in [-0.2, -0.15) is 0 Å². The number of aromatic nitrogens is 2. The lowest BCUT2D eigenvalue weighted by molar-refractivity contribution is 0.625. The summed E-state index contributed by atoms with van der Waals surface area (Å²) in [6, 6.07) is 20.5. The maximum absolute atomic E-state index is 13.3. The average Bonchev–Trinajstić information content (AvgIpc) is 2.73. The van der Waals surface area contributed by atoms with Crippen molar-refractivity contribution < 1.29 is 4.39 Å². The Kier molecular flexibility index (Phi) is 4.65. The van der Waals surface area contributed by atoms with Crippen LogP contribution in [0.15, 0.2) is 82.4 Å². The minimum atomic E-state index is -0.419. The van der Waals surface area contributed by atoms with Gasteiger partial charge < -0.3 is 0 Å². The molecule has 0 aliphatic heterocycles. The van der Waals surface area contributed by atoms with Crippen molar-refractivity contribution in [2.24, 2.45) is 0 Å². The topological polar surface area (TPSA) is 44.0 Å². The van der Waals surface area contributed by atoms with Crippen molar-refractivity contribution in [2.75, 3.05) is 0 Å². The molecule has 0 saturated carbocycles. The van der Waals surface area contributed by atoms with Gasteiger partial charge in [-0.15, -0.1) is 0 Å². The first kappa shape index (κ1) is 17.9. The molecule has 4 aromatic rings. The van der Waals surface area contributed by atoms with Crippen molar-refractivity contribution in [3.8, 4) is 5.69 Å². The third kappa shape index (κ3) is 3.16. The van der Waals surface area contributed by atoms with Gasteiger partial charge in [-0.05, 0) is 53.9 Å². The lowest BCUT2D eigenvalue weighted by atomic mass is 10.1. The van der Waals surface area contributed by atoms with Crippen LogP contribution in [0.1, 0.15) is 18.1 Å². The Morgan fingerprint density at radius 2 is 1.46 bits per heavy atom. The van der Waals surface area contributed by atoms with Crippen LogP contribution in [-0.4, -0.2) is 9.13 Å². The Hall–Kier alpha value is -3.47. The van der Waals surface area contributed by atoms with Crippen LogP contribution in [0.3, 0.4) is 0 Å². The second-order valence-electron chi connectivity index (χ2n) is 6.67. The van der Waals surface area contributed by atoms with Gasteiger partial charge in [-0.25, -0.2) is 13.8 Å². The highest BCUT2D eigenvalue weighted by molar-refractivity contribution is 5.78. The van der Waals surface area contributed by atoms with Crippen LogP contribution >= 0.6 is 0 Å². The minimum absolute atomic E-state index is 0.243. The highest BCUT2D eigenvalue weighted by Gasteiger charge is 2.14. The van der Waals surface area contributed by atoms with E-state index < -0.39 is 5.69 Å². The zero-order valence-corrected chi connectivity index (χ0v) is 15.4. The molecule has 5 heteroatoms. The molecule has 0 unspecified atom stereocenters. The molecule has 0 aliphatic rings. The van der Waals surface area contributed by atoms with Gasteiger partial charge in [0.1, 0.15) is 5.82 Å². The molecule has 1 heterocycles. The summed E-state index contributed by atoms with van der Waals surface area (Å²) < 4.78 is 16.0. The molecule has 140 valence electrons. The molecule has 0 bridgehead atoms. The van der Waals surface area contributed by atoms with E-state index >= 15 is 0 Å². The van der Waals surface area contributed by atoms with Crippen LogP contribution in [0.4, 0.5) is 4.39 Å². The van der Waals surface area contributed by atoms with Gasteiger partial charge in [0.15, 0.2) is 0 Å². The maximum atomic E-state index is 13.3. The van der Waals surface area contributed by atoms with E-state index in [0.29, 0.717) is 16.6 Å². The highest BCUT2D eigenvalue weighted by atomic mass is 19.1. The van der Waals surface area contributed by atoms with Crippen molar-refractivity contribution >= 4 is 10.9 Å². The van der Waals surface area contributed by atoms with Crippen LogP contribution in [-0.2, 0) is 13.0 Å². The molecule has 4 nitrogen and oxygen atoms in total. The normalized spacial score (nSPS) is 11.1. The smallest absolute Gasteiger partial charge is 0.288 e. The molecule has 0 fully saturated rings. The summed E-state index contributed by atoms with van der Waals surface area (Å²) in [6.45, 7) is 2.29.